The van der Waals surface area contributed by atoms with Crippen LogP contribution in [-0.2, 0) is 12.5 Å². The van der Waals surface area contributed by atoms with Crippen LogP contribution in [0.25, 0.3) is 44.3 Å². The molecule has 0 unspecified atom stereocenters. The lowest BCUT2D eigenvalue weighted by Crippen LogP contribution is -2.31. The zero-order chi connectivity index (χ0) is 29.0. The molecule has 1 aliphatic carbocycles. The normalized spacial score (nSPS) is 19.7. The third-order valence-electron chi connectivity index (χ3n) is 6.40. The third kappa shape index (κ3) is 2.42. The predicted molar refractivity (Wildman–Crippen MR) is 127 cm³/mol. The molecule has 1 aliphatic rings. The van der Waals surface area contributed by atoms with Gasteiger partial charge in [-0.1, -0.05) is 50.1 Å². The molecule has 2 heterocycles. The van der Waals surface area contributed by atoms with E-state index in [2.05, 4.69) is 0 Å². The van der Waals surface area contributed by atoms with Crippen molar-refractivity contribution in [2.24, 2.45) is 7.05 Å². The standard InChI is InChI=1S/C29H26NO/c1-17-10-13-25(30(5)16-17)27-18(2)11-12-20-22-14-24-21(15-26(22)31-28(20)27)19-8-6-7-9-23(19)29(24,3)4/h6-16H,1-5H3/q+1/i1D3,3D3,4D3. The summed E-state index contributed by atoms with van der Waals surface area (Å²) >= 11 is 0. The third-order valence-corrected chi connectivity index (χ3v) is 6.40. The number of hydrogen-bond donors (Lipinski definition) is 0. The molecule has 0 spiro atoms. The van der Waals surface area contributed by atoms with E-state index in [4.69, 9.17) is 16.8 Å². The van der Waals surface area contributed by atoms with Gasteiger partial charge in [0.2, 0.25) is 5.69 Å². The monoisotopic (exact) mass is 413 g/mol. The second kappa shape index (κ2) is 6.07. The number of nitrogens with zero attached hydrogens (tertiary/aromatic N) is 1. The van der Waals surface area contributed by atoms with Gasteiger partial charge in [-0.25, -0.2) is 4.57 Å². The summed E-state index contributed by atoms with van der Waals surface area (Å²) in [6.45, 7) is -6.02. The van der Waals surface area contributed by atoms with Crippen LogP contribution in [0.4, 0.5) is 0 Å². The van der Waals surface area contributed by atoms with Crippen LogP contribution in [0.1, 0.15) is 48.3 Å². The molecule has 2 heteroatoms. The minimum atomic E-state index is -2.85. The highest BCUT2D eigenvalue weighted by Crippen LogP contribution is 2.51. The molecule has 0 N–H and O–H groups in total. The molecule has 0 saturated heterocycles. The molecule has 0 radical (unpaired) electrons. The number of aryl methyl sites for hydroxylation is 3. The van der Waals surface area contributed by atoms with Crippen molar-refractivity contribution in [3.8, 4) is 22.4 Å². The molecule has 0 saturated carbocycles. The highest BCUT2D eigenvalue weighted by molar-refractivity contribution is 6.11. The van der Waals surface area contributed by atoms with Gasteiger partial charge in [-0.05, 0) is 59.8 Å². The van der Waals surface area contributed by atoms with Crippen LogP contribution in [0.2, 0.25) is 0 Å². The van der Waals surface area contributed by atoms with Crippen LogP contribution in [0.15, 0.2) is 71.3 Å². The Balaban J connectivity index is 1.69. The zero-order valence-electron chi connectivity index (χ0n) is 26.2. The van der Waals surface area contributed by atoms with Gasteiger partial charge in [0.1, 0.15) is 18.2 Å². The van der Waals surface area contributed by atoms with Crippen LogP contribution in [0.5, 0.6) is 0 Å². The fraction of sp³-hybridized carbons (Fsp3) is 0.207. The average Bonchev–Trinajstić information content (AvgIpc) is 3.35. The van der Waals surface area contributed by atoms with Crippen LogP contribution in [-0.4, -0.2) is 0 Å². The Labute approximate surface area is 195 Å². The van der Waals surface area contributed by atoms with Gasteiger partial charge in [-0.3, -0.25) is 0 Å². The van der Waals surface area contributed by atoms with Crippen molar-refractivity contribution in [2.75, 3.05) is 0 Å². The zero-order valence-corrected chi connectivity index (χ0v) is 17.2. The van der Waals surface area contributed by atoms with Crippen molar-refractivity contribution in [1.82, 2.24) is 0 Å². The minimum Gasteiger partial charge on any atom is -0.455 e. The van der Waals surface area contributed by atoms with Crippen LogP contribution >= 0.6 is 0 Å². The number of pyridine rings is 1. The van der Waals surface area contributed by atoms with Gasteiger partial charge < -0.3 is 4.42 Å². The van der Waals surface area contributed by atoms with Gasteiger partial charge in [0, 0.05) is 40.2 Å². The molecular formula is C29H26NO+. The second-order valence-electron chi connectivity index (χ2n) is 8.34. The average molecular weight is 414 g/mol. The van der Waals surface area contributed by atoms with E-state index < -0.39 is 26.0 Å². The summed E-state index contributed by atoms with van der Waals surface area (Å²) in [6.07, 6.45) is 1.58. The van der Waals surface area contributed by atoms with E-state index in [0.29, 0.717) is 33.1 Å². The molecule has 3 aromatic carbocycles. The second-order valence-corrected chi connectivity index (χ2v) is 8.34. The van der Waals surface area contributed by atoms with Gasteiger partial charge in [-0.2, -0.15) is 0 Å². The van der Waals surface area contributed by atoms with E-state index in [1.165, 1.54) is 0 Å². The first-order valence-corrected chi connectivity index (χ1v) is 10.2. The van der Waals surface area contributed by atoms with Gasteiger partial charge in [0.15, 0.2) is 6.20 Å². The molecule has 0 bridgehead atoms. The molecule has 0 amide bonds. The molecule has 152 valence electrons. The lowest BCUT2D eigenvalue weighted by Gasteiger charge is -2.21. The molecular weight excluding hydrogens is 378 g/mol. The molecule has 0 atom stereocenters. The van der Waals surface area contributed by atoms with Crippen molar-refractivity contribution in [3.63, 3.8) is 0 Å². The van der Waals surface area contributed by atoms with Gasteiger partial charge >= 0.3 is 0 Å². The Kier molecular flexibility index (Phi) is 2.21. The van der Waals surface area contributed by atoms with Crippen molar-refractivity contribution in [1.29, 1.82) is 0 Å². The summed E-state index contributed by atoms with van der Waals surface area (Å²) in [5, 5.41) is 1.32. The van der Waals surface area contributed by atoms with Gasteiger partial charge in [0.05, 0.1) is 5.56 Å². The minimum absolute atomic E-state index is 0.217. The molecule has 5 aromatic rings. The first-order valence-electron chi connectivity index (χ1n) is 14.7. The topological polar surface area (TPSA) is 17.0 Å². The Hall–Kier alpha value is -3.39. The van der Waals surface area contributed by atoms with Crippen molar-refractivity contribution >= 4 is 21.9 Å². The highest BCUT2D eigenvalue weighted by atomic mass is 16.3. The predicted octanol–water partition coefficient (Wildman–Crippen LogP) is 7.00. The van der Waals surface area contributed by atoms with Crippen LogP contribution in [0, 0.1) is 13.8 Å². The van der Waals surface area contributed by atoms with Gasteiger partial charge in [-0.15, -0.1) is 0 Å². The molecule has 2 nitrogen and oxygen atoms in total. The van der Waals surface area contributed by atoms with E-state index in [9.17, 15) is 0 Å². The maximum Gasteiger partial charge on any atom is 0.216 e. The number of benzene rings is 3. The van der Waals surface area contributed by atoms with Crippen LogP contribution < -0.4 is 4.57 Å². The van der Waals surface area contributed by atoms with E-state index in [1.807, 2.05) is 19.1 Å². The fourth-order valence-electron chi connectivity index (χ4n) is 4.89. The molecule has 6 rings (SSSR count). The number of fused-ring (bicyclic) bond motifs is 6. The largest absolute Gasteiger partial charge is 0.455 e. The Bertz CT molecular complexity index is 1830. The van der Waals surface area contributed by atoms with E-state index in [0.717, 1.165) is 16.8 Å². The maximum atomic E-state index is 8.49. The fourth-order valence-corrected chi connectivity index (χ4v) is 4.89. The number of furan rings is 1. The van der Waals surface area contributed by atoms with E-state index in [1.54, 1.807) is 66.3 Å². The van der Waals surface area contributed by atoms with Crippen molar-refractivity contribution in [3.05, 3.63) is 89.1 Å². The summed E-state index contributed by atoms with van der Waals surface area (Å²) < 4.78 is 82.4. The highest BCUT2D eigenvalue weighted by Gasteiger charge is 2.36. The van der Waals surface area contributed by atoms with Crippen LogP contribution in [0.3, 0.4) is 0 Å². The molecule has 0 fully saturated rings. The Morgan fingerprint density at radius 3 is 2.58 bits per heavy atom. The lowest BCUT2D eigenvalue weighted by atomic mass is 9.82. The number of hydrogen-bond acceptors (Lipinski definition) is 1. The number of rotatable bonds is 1. The summed E-state index contributed by atoms with van der Waals surface area (Å²) in [5.74, 6) is 0. The van der Waals surface area contributed by atoms with Gasteiger partial charge in [0.25, 0.3) is 0 Å². The summed E-state index contributed by atoms with van der Waals surface area (Å²) in [6, 6.07) is 17.4. The quantitative estimate of drug-likeness (QED) is 0.270. The van der Waals surface area contributed by atoms with Crippen molar-refractivity contribution in [2.45, 2.75) is 32.9 Å². The maximum absolute atomic E-state index is 8.49. The molecule has 2 aromatic heterocycles. The first-order chi connectivity index (χ1) is 18.6. The summed E-state index contributed by atoms with van der Waals surface area (Å²) in [7, 11) is 1.78. The van der Waals surface area contributed by atoms with E-state index >= 15 is 0 Å². The Morgan fingerprint density at radius 2 is 1.77 bits per heavy atom. The summed E-state index contributed by atoms with van der Waals surface area (Å²) in [5.41, 5.74) is 3.08. The SMILES string of the molecule is [2H]C([2H])([2H])c1ccc(-c2c(C)ccc3c2oc2cc4c(cc23)C(C([2H])([2H])[2H])(C([2H])([2H])[2H])c2ccccc2-4)[n+](C)c1. The molecule has 31 heavy (non-hydrogen) atoms. The Morgan fingerprint density at radius 1 is 0.903 bits per heavy atom. The first kappa shape index (κ1) is 11.3. The van der Waals surface area contributed by atoms with Crippen molar-refractivity contribution < 1.29 is 21.3 Å². The molecule has 0 aliphatic heterocycles. The smallest absolute Gasteiger partial charge is 0.216 e. The number of aromatic nitrogens is 1. The summed E-state index contributed by atoms with van der Waals surface area (Å²) in [4.78, 5) is 0. The van der Waals surface area contributed by atoms with E-state index in [-0.39, 0.29) is 16.7 Å². The lowest BCUT2D eigenvalue weighted by molar-refractivity contribution is -0.660.